The number of fused-ring (bicyclic) bond motifs is 1. The molecule has 1 aromatic carbocycles. The van der Waals surface area contributed by atoms with Crippen molar-refractivity contribution in [1.29, 1.82) is 5.41 Å². The van der Waals surface area contributed by atoms with Gasteiger partial charge in [-0.2, -0.15) is 0 Å². The second-order valence-electron chi connectivity index (χ2n) is 8.55. The van der Waals surface area contributed by atoms with Gasteiger partial charge in [0.05, 0.1) is 0 Å². The van der Waals surface area contributed by atoms with E-state index in [1.54, 1.807) is 4.57 Å². The summed E-state index contributed by atoms with van der Waals surface area (Å²) in [5, 5.41) is 18.5. The molecular weight excluding hydrogens is 402 g/mol. The van der Waals surface area contributed by atoms with Crippen molar-refractivity contribution in [2.24, 2.45) is 5.92 Å². The maximum absolute atomic E-state index is 14.0. The molecule has 6 nitrogen and oxygen atoms in total. The van der Waals surface area contributed by atoms with Crippen molar-refractivity contribution >= 4 is 5.71 Å². The molecule has 3 heterocycles. The molecule has 4 rings (SSSR count). The van der Waals surface area contributed by atoms with Crippen LogP contribution in [0.4, 0.5) is 8.78 Å². The first-order valence-electron chi connectivity index (χ1n) is 10.9. The van der Waals surface area contributed by atoms with E-state index >= 15 is 0 Å². The average Bonchev–Trinajstić information content (AvgIpc) is 2.74. The minimum Gasteiger partial charge on any atom is -0.385 e. The fraction of sp³-hybridized carbons (Fsp3) is 0.522. The SMILES string of the molecule is Cc1nc2n(c(=O)c1CCN1CCC(C(=N)c3ccc(F)cc3F)CC1)CCCC2O. The highest BCUT2D eigenvalue weighted by atomic mass is 19.1. The summed E-state index contributed by atoms with van der Waals surface area (Å²) in [6.07, 6.45) is 2.77. The number of rotatable bonds is 5. The second kappa shape index (κ2) is 8.96. The molecule has 2 N–H and O–H groups in total. The fourth-order valence-corrected chi connectivity index (χ4v) is 4.69. The van der Waals surface area contributed by atoms with E-state index in [4.69, 9.17) is 5.41 Å². The summed E-state index contributed by atoms with van der Waals surface area (Å²) in [5.74, 6) is -0.907. The second-order valence-corrected chi connectivity index (χ2v) is 8.55. The van der Waals surface area contributed by atoms with Gasteiger partial charge in [-0.25, -0.2) is 13.8 Å². The number of nitrogens with zero attached hydrogens (tertiary/aromatic N) is 3. The van der Waals surface area contributed by atoms with Gasteiger partial charge in [-0.3, -0.25) is 9.36 Å². The Bertz CT molecular complexity index is 1040. The quantitative estimate of drug-likeness (QED) is 0.715. The summed E-state index contributed by atoms with van der Waals surface area (Å²) < 4.78 is 28.8. The summed E-state index contributed by atoms with van der Waals surface area (Å²) in [4.78, 5) is 19.7. The Morgan fingerprint density at radius 1 is 1.23 bits per heavy atom. The van der Waals surface area contributed by atoms with Crippen LogP contribution in [0.1, 0.15) is 54.4 Å². The van der Waals surface area contributed by atoms with Crippen LogP contribution >= 0.6 is 0 Å². The lowest BCUT2D eigenvalue weighted by atomic mass is 9.88. The highest BCUT2D eigenvalue weighted by molar-refractivity contribution is 6.00. The minimum absolute atomic E-state index is 0.0512. The number of aromatic nitrogens is 2. The van der Waals surface area contributed by atoms with Gasteiger partial charge in [-0.1, -0.05) is 0 Å². The molecule has 1 saturated heterocycles. The molecule has 2 aliphatic rings. The van der Waals surface area contributed by atoms with Crippen molar-refractivity contribution < 1.29 is 13.9 Å². The Hall–Kier alpha value is -2.45. The van der Waals surface area contributed by atoms with Gasteiger partial charge in [0, 0.05) is 47.6 Å². The third kappa shape index (κ3) is 4.45. The van der Waals surface area contributed by atoms with E-state index in [2.05, 4.69) is 9.88 Å². The van der Waals surface area contributed by atoms with E-state index in [1.807, 2.05) is 6.92 Å². The number of aryl methyl sites for hydroxylation is 1. The molecule has 0 radical (unpaired) electrons. The van der Waals surface area contributed by atoms with Gasteiger partial charge in [0.15, 0.2) is 0 Å². The summed E-state index contributed by atoms with van der Waals surface area (Å²) in [5.41, 5.74) is 1.72. The molecule has 2 aliphatic heterocycles. The number of likely N-dealkylation sites (tertiary alicyclic amines) is 1. The number of aliphatic hydroxyl groups excluding tert-OH is 1. The van der Waals surface area contributed by atoms with Gasteiger partial charge in [-0.05, 0) is 64.3 Å². The van der Waals surface area contributed by atoms with Gasteiger partial charge < -0.3 is 15.4 Å². The third-order valence-corrected chi connectivity index (χ3v) is 6.55. The normalized spacial score (nSPS) is 19.9. The summed E-state index contributed by atoms with van der Waals surface area (Å²) in [6, 6.07) is 3.36. The summed E-state index contributed by atoms with van der Waals surface area (Å²) in [6.45, 7) is 4.65. The van der Waals surface area contributed by atoms with E-state index in [0.717, 1.165) is 38.4 Å². The van der Waals surface area contributed by atoms with E-state index in [-0.39, 0.29) is 22.8 Å². The molecular formula is C23H28F2N4O2. The molecule has 8 heteroatoms. The Morgan fingerprint density at radius 2 is 1.97 bits per heavy atom. The first-order chi connectivity index (χ1) is 14.8. The number of halogens is 2. The number of aliphatic hydroxyl groups is 1. The van der Waals surface area contributed by atoms with Crippen LogP contribution in [0.15, 0.2) is 23.0 Å². The van der Waals surface area contributed by atoms with E-state index < -0.39 is 17.7 Å². The van der Waals surface area contributed by atoms with Crippen molar-refractivity contribution in [3.05, 3.63) is 62.8 Å². The Balaban J connectivity index is 1.37. The first-order valence-corrected chi connectivity index (χ1v) is 10.9. The van der Waals surface area contributed by atoms with Gasteiger partial charge in [0.2, 0.25) is 0 Å². The number of nitrogens with one attached hydrogen (secondary N) is 1. The number of hydrogen-bond donors (Lipinski definition) is 2. The monoisotopic (exact) mass is 430 g/mol. The molecule has 0 aliphatic carbocycles. The van der Waals surface area contributed by atoms with Gasteiger partial charge >= 0.3 is 0 Å². The Kier molecular flexibility index (Phi) is 6.29. The number of piperidine rings is 1. The van der Waals surface area contributed by atoms with Crippen LogP contribution in [0, 0.1) is 29.9 Å². The summed E-state index contributed by atoms with van der Waals surface area (Å²) >= 11 is 0. The van der Waals surface area contributed by atoms with Crippen LogP contribution in [0.2, 0.25) is 0 Å². The Labute approximate surface area is 180 Å². The van der Waals surface area contributed by atoms with Gasteiger partial charge in [0.1, 0.15) is 23.6 Å². The van der Waals surface area contributed by atoms with E-state index in [9.17, 15) is 18.7 Å². The molecule has 1 unspecified atom stereocenters. The predicted molar refractivity (Wildman–Crippen MR) is 113 cm³/mol. The number of hydrogen-bond acceptors (Lipinski definition) is 5. The highest BCUT2D eigenvalue weighted by Gasteiger charge is 2.26. The lowest BCUT2D eigenvalue weighted by Crippen LogP contribution is -2.39. The van der Waals surface area contributed by atoms with Crippen molar-refractivity contribution in [1.82, 2.24) is 14.5 Å². The average molecular weight is 430 g/mol. The molecule has 0 bridgehead atoms. The topological polar surface area (TPSA) is 82.2 Å². The van der Waals surface area contributed by atoms with Crippen molar-refractivity contribution in [3.8, 4) is 0 Å². The maximum atomic E-state index is 14.0. The largest absolute Gasteiger partial charge is 0.385 e. The zero-order chi connectivity index (χ0) is 22.1. The molecule has 1 atom stereocenters. The molecule has 1 fully saturated rings. The van der Waals surface area contributed by atoms with Crippen molar-refractivity contribution in [3.63, 3.8) is 0 Å². The van der Waals surface area contributed by atoms with Gasteiger partial charge in [0.25, 0.3) is 5.56 Å². The molecule has 0 amide bonds. The smallest absolute Gasteiger partial charge is 0.257 e. The van der Waals surface area contributed by atoms with E-state index in [0.29, 0.717) is 43.0 Å². The molecule has 2 aromatic rings. The van der Waals surface area contributed by atoms with Crippen LogP contribution < -0.4 is 5.56 Å². The third-order valence-electron chi connectivity index (χ3n) is 6.55. The van der Waals surface area contributed by atoms with Crippen LogP contribution in [0.5, 0.6) is 0 Å². The number of benzene rings is 1. The highest BCUT2D eigenvalue weighted by Crippen LogP contribution is 2.25. The zero-order valence-electron chi connectivity index (χ0n) is 17.7. The van der Waals surface area contributed by atoms with E-state index in [1.165, 1.54) is 12.1 Å². The maximum Gasteiger partial charge on any atom is 0.257 e. The molecule has 31 heavy (non-hydrogen) atoms. The van der Waals surface area contributed by atoms with Crippen molar-refractivity contribution in [2.75, 3.05) is 19.6 Å². The zero-order valence-corrected chi connectivity index (χ0v) is 17.7. The molecule has 0 spiro atoms. The van der Waals surface area contributed by atoms with Crippen LogP contribution in [0.3, 0.4) is 0 Å². The lowest BCUT2D eigenvalue weighted by Gasteiger charge is -2.32. The standard InChI is InChI=1S/C23H28F2N4O2/c1-14-17(23(31)29-9-2-3-20(30)22(29)27-14)8-12-28-10-6-15(7-11-28)21(26)18-5-4-16(24)13-19(18)25/h4-5,13,15,20,26,30H,2-3,6-12H2,1H3. The molecule has 1 aromatic heterocycles. The fourth-order valence-electron chi connectivity index (χ4n) is 4.69. The van der Waals surface area contributed by atoms with Crippen LogP contribution in [-0.4, -0.2) is 44.9 Å². The predicted octanol–water partition coefficient (Wildman–Crippen LogP) is 2.98. The lowest BCUT2D eigenvalue weighted by molar-refractivity contribution is 0.129. The Morgan fingerprint density at radius 3 is 2.68 bits per heavy atom. The molecule has 166 valence electrons. The van der Waals surface area contributed by atoms with Crippen LogP contribution in [-0.2, 0) is 13.0 Å². The minimum atomic E-state index is -0.687. The molecule has 0 saturated carbocycles. The van der Waals surface area contributed by atoms with Gasteiger partial charge in [-0.15, -0.1) is 0 Å². The summed E-state index contributed by atoms with van der Waals surface area (Å²) in [7, 11) is 0. The van der Waals surface area contributed by atoms with Crippen molar-refractivity contribution in [2.45, 2.75) is 51.7 Å². The van der Waals surface area contributed by atoms with Crippen LogP contribution in [0.25, 0.3) is 0 Å². The first kappa shape index (κ1) is 21.8.